The molecule has 0 aliphatic heterocycles. The average molecular weight is 293 g/mol. The standard InChI is InChI=1S/C15H19NOS2/c1-2-19(17)9-8-16-11-15-10-14(12-18-15)13-6-4-3-5-7-13/h3-7,10,12,16H,2,8-9,11H2,1H3. The van der Waals surface area contributed by atoms with Gasteiger partial charge in [-0.05, 0) is 22.6 Å². The van der Waals surface area contributed by atoms with Gasteiger partial charge in [-0.15, -0.1) is 11.3 Å². The number of hydrogen-bond acceptors (Lipinski definition) is 3. The first-order chi connectivity index (χ1) is 9.29. The normalized spacial score (nSPS) is 12.5. The minimum absolute atomic E-state index is 0.668. The van der Waals surface area contributed by atoms with Crippen molar-refractivity contribution >= 4 is 22.1 Å². The maximum Gasteiger partial charge on any atom is 0.0360 e. The van der Waals surface area contributed by atoms with Gasteiger partial charge in [-0.3, -0.25) is 4.21 Å². The van der Waals surface area contributed by atoms with Crippen LogP contribution in [0.5, 0.6) is 0 Å². The van der Waals surface area contributed by atoms with Gasteiger partial charge < -0.3 is 5.32 Å². The van der Waals surface area contributed by atoms with E-state index in [-0.39, 0.29) is 0 Å². The van der Waals surface area contributed by atoms with Crippen LogP contribution in [0.25, 0.3) is 11.1 Å². The second-order valence-corrected chi connectivity index (χ2v) is 7.14. The van der Waals surface area contributed by atoms with Crippen molar-refractivity contribution in [2.75, 3.05) is 18.1 Å². The van der Waals surface area contributed by atoms with Crippen LogP contribution in [0.15, 0.2) is 41.8 Å². The van der Waals surface area contributed by atoms with Crippen molar-refractivity contribution in [3.63, 3.8) is 0 Å². The van der Waals surface area contributed by atoms with Gasteiger partial charge in [0.2, 0.25) is 0 Å². The molecule has 1 N–H and O–H groups in total. The monoisotopic (exact) mass is 293 g/mol. The molecule has 102 valence electrons. The fraction of sp³-hybridized carbons (Fsp3) is 0.333. The summed E-state index contributed by atoms with van der Waals surface area (Å²) in [7, 11) is -0.668. The molecule has 1 heterocycles. The molecule has 1 aromatic carbocycles. The van der Waals surface area contributed by atoms with E-state index in [1.807, 2.05) is 13.0 Å². The maximum atomic E-state index is 11.3. The van der Waals surface area contributed by atoms with Gasteiger partial charge in [0.25, 0.3) is 0 Å². The van der Waals surface area contributed by atoms with Crippen LogP contribution in [0, 0.1) is 0 Å². The van der Waals surface area contributed by atoms with E-state index < -0.39 is 10.8 Å². The quantitative estimate of drug-likeness (QED) is 0.794. The molecule has 0 saturated carbocycles. The second kappa shape index (κ2) is 7.58. The van der Waals surface area contributed by atoms with E-state index in [9.17, 15) is 4.21 Å². The van der Waals surface area contributed by atoms with Crippen molar-refractivity contribution in [1.82, 2.24) is 5.32 Å². The van der Waals surface area contributed by atoms with Crippen molar-refractivity contribution < 1.29 is 4.21 Å². The number of nitrogens with one attached hydrogen (secondary N) is 1. The van der Waals surface area contributed by atoms with E-state index in [0.29, 0.717) is 0 Å². The van der Waals surface area contributed by atoms with Crippen LogP contribution in [0.4, 0.5) is 0 Å². The summed E-state index contributed by atoms with van der Waals surface area (Å²) < 4.78 is 11.3. The van der Waals surface area contributed by atoms with Gasteiger partial charge in [-0.1, -0.05) is 37.3 Å². The molecule has 0 radical (unpaired) electrons. The first-order valence-electron chi connectivity index (χ1n) is 6.48. The molecule has 2 nitrogen and oxygen atoms in total. The molecule has 1 atom stereocenters. The first kappa shape index (κ1) is 14.4. The SMILES string of the molecule is CCS(=O)CCNCc1cc(-c2ccccc2)cs1. The summed E-state index contributed by atoms with van der Waals surface area (Å²) in [6.07, 6.45) is 0. The molecule has 1 aromatic heterocycles. The van der Waals surface area contributed by atoms with E-state index in [0.717, 1.165) is 24.6 Å². The van der Waals surface area contributed by atoms with E-state index in [2.05, 4.69) is 41.0 Å². The van der Waals surface area contributed by atoms with Gasteiger partial charge in [-0.25, -0.2) is 0 Å². The summed E-state index contributed by atoms with van der Waals surface area (Å²) in [5.41, 5.74) is 2.54. The summed E-state index contributed by atoms with van der Waals surface area (Å²) in [5, 5.41) is 5.54. The third-order valence-electron chi connectivity index (χ3n) is 2.89. The minimum Gasteiger partial charge on any atom is -0.311 e. The summed E-state index contributed by atoms with van der Waals surface area (Å²) in [5.74, 6) is 1.49. The predicted molar refractivity (Wildman–Crippen MR) is 85.0 cm³/mol. The average Bonchev–Trinajstić information content (AvgIpc) is 2.93. The van der Waals surface area contributed by atoms with Crippen LogP contribution in [-0.2, 0) is 17.3 Å². The lowest BCUT2D eigenvalue weighted by molar-refractivity contribution is 0.675. The third kappa shape index (κ3) is 4.56. The van der Waals surface area contributed by atoms with Crippen molar-refractivity contribution in [2.24, 2.45) is 0 Å². The van der Waals surface area contributed by atoms with E-state index in [1.165, 1.54) is 16.0 Å². The molecule has 0 aliphatic carbocycles. The topological polar surface area (TPSA) is 29.1 Å². The molecule has 0 saturated heterocycles. The van der Waals surface area contributed by atoms with Crippen LogP contribution in [-0.4, -0.2) is 22.3 Å². The molecule has 0 amide bonds. The molecule has 0 aliphatic rings. The number of benzene rings is 1. The molecule has 2 rings (SSSR count). The Balaban J connectivity index is 1.83. The third-order valence-corrected chi connectivity index (χ3v) is 5.13. The lowest BCUT2D eigenvalue weighted by atomic mass is 10.1. The Morgan fingerprint density at radius 2 is 2.00 bits per heavy atom. The number of rotatable bonds is 7. The lowest BCUT2D eigenvalue weighted by Gasteiger charge is -2.01. The Kier molecular flexibility index (Phi) is 5.76. The Morgan fingerprint density at radius 1 is 1.21 bits per heavy atom. The molecule has 0 spiro atoms. The summed E-state index contributed by atoms with van der Waals surface area (Å²) in [6.45, 7) is 3.64. The minimum atomic E-state index is -0.668. The van der Waals surface area contributed by atoms with Crippen LogP contribution >= 0.6 is 11.3 Å². The Hall–Kier alpha value is -0.970. The predicted octanol–water partition coefficient (Wildman–Crippen LogP) is 3.27. The zero-order valence-electron chi connectivity index (χ0n) is 11.1. The largest absolute Gasteiger partial charge is 0.311 e. The van der Waals surface area contributed by atoms with E-state index >= 15 is 0 Å². The van der Waals surface area contributed by atoms with Crippen molar-refractivity contribution in [1.29, 1.82) is 0 Å². The molecule has 0 fully saturated rings. The van der Waals surface area contributed by atoms with Crippen molar-refractivity contribution in [3.8, 4) is 11.1 Å². The summed E-state index contributed by atoms with van der Waals surface area (Å²) in [6, 6.07) is 12.6. The van der Waals surface area contributed by atoms with Gasteiger partial charge in [0.05, 0.1) is 0 Å². The Bertz CT molecular complexity index is 522. The van der Waals surface area contributed by atoms with Crippen LogP contribution in [0.1, 0.15) is 11.8 Å². The lowest BCUT2D eigenvalue weighted by Crippen LogP contribution is -2.20. The number of thiophene rings is 1. The van der Waals surface area contributed by atoms with Crippen molar-refractivity contribution in [2.45, 2.75) is 13.5 Å². The molecule has 19 heavy (non-hydrogen) atoms. The molecule has 1 unspecified atom stereocenters. The van der Waals surface area contributed by atoms with Gasteiger partial charge in [0.15, 0.2) is 0 Å². The van der Waals surface area contributed by atoms with Crippen LogP contribution < -0.4 is 5.32 Å². The zero-order valence-corrected chi connectivity index (χ0v) is 12.7. The molecule has 0 bridgehead atoms. The molecular formula is C15H19NOS2. The number of hydrogen-bond donors (Lipinski definition) is 1. The smallest absolute Gasteiger partial charge is 0.0360 e. The first-order valence-corrected chi connectivity index (χ1v) is 8.85. The highest BCUT2D eigenvalue weighted by Crippen LogP contribution is 2.25. The van der Waals surface area contributed by atoms with Crippen molar-refractivity contribution in [3.05, 3.63) is 46.7 Å². The van der Waals surface area contributed by atoms with Gasteiger partial charge >= 0.3 is 0 Å². The van der Waals surface area contributed by atoms with Gasteiger partial charge in [-0.2, -0.15) is 0 Å². The highest BCUT2D eigenvalue weighted by molar-refractivity contribution is 7.84. The van der Waals surface area contributed by atoms with Gasteiger partial charge in [0, 0.05) is 40.3 Å². The van der Waals surface area contributed by atoms with E-state index in [4.69, 9.17) is 0 Å². The Labute approximate surface area is 121 Å². The fourth-order valence-corrected chi connectivity index (χ4v) is 3.32. The molecule has 4 heteroatoms. The van der Waals surface area contributed by atoms with Gasteiger partial charge in [0.1, 0.15) is 0 Å². The Morgan fingerprint density at radius 3 is 2.74 bits per heavy atom. The van der Waals surface area contributed by atoms with Crippen LogP contribution in [0.3, 0.4) is 0 Å². The molecule has 2 aromatic rings. The highest BCUT2D eigenvalue weighted by Gasteiger charge is 2.02. The highest BCUT2D eigenvalue weighted by atomic mass is 32.2. The van der Waals surface area contributed by atoms with Crippen LogP contribution in [0.2, 0.25) is 0 Å². The summed E-state index contributed by atoms with van der Waals surface area (Å²) >= 11 is 1.77. The van der Waals surface area contributed by atoms with E-state index in [1.54, 1.807) is 11.3 Å². The maximum absolute atomic E-state index is 11.3. The zero-order chi connectivity index (χ0) is 13.5. The summed E-state index contributed by atoms with van der Waals surface area (Å²) in [4.78, 5) is 1.32. The second-order valence-electron chi connectivity index (χ2n) is 4.28. The fourth-order valence-electron chi connectivity index (χ4n) is 1.80. The molecular weight excluding hydrogens is 274 g/mol.